The van der Waals surface area contributed by atoms with E-state index in [1.807, 2.05) is 0 Å². The van der Waals surface area contributed by atoms with Crippen molar-refractivity contribution in [3.05, 3.63) is 385 Å². The first-order valence-electron chi connectivity index (χ1n) is 31.4. The summed E-state index contributed by atoms with van der Waals surface area (Å²) in [6, 6.07) is 131. The van der Waals surface area contributed by atoms with Crippen molar-refractivity contribution in [1.29, 1.82) is 0 Å². The van der Waals surface area contributed by atoms with Crippen LogP contribution in [-0.2, 0) is 11.8 Å². The molecule has 17 rings (SSSR count). The lowest BCUT2D eigenvalue weighted by Gasteiger charge is -2.42. The fourth-order valence-electron chi connectivity index (χ4n) is 15.2. The summed E-state index contributed by atoms with van der Waals surface area (Å²) in [5.74, 6) is 0. The molecule has 0 saturated heterocycles. The summed E-state index contributed by atoms with van der Waals surface area (Å²) in [7, 11) is 0. The van der Waals surface area contributed by atoms with Crippen molar-refractivity contribution in [2.75, 3.05) is 0 Å². The van der Waals surface area contributed by atoms with E-state index < -0.39 is 5.41 Å². The molecule has 1 aliphatic carbocycles. The molecule has 16 aromatic carbocycles. The predicted octanol–water partition coefficient (Wildman–Crippen LogP) is 23.9. The van der Waals surface area contributed by atoms with Crippen LogP contribution in [0, 0.1) is 0 Å². The van der Waals surface area contributed by atoms with Gasteiger partial charge < -0.3 is 0 Å². The van der Waals surface area contributed by atoms with Crippen LogP contribution in [-0.4, -0.2) is 0 Å². The zero-order valence-electron chi connectivity index (χ0n) is 49.7. The molecule has 0 radical (unpaired) electrons. The maximum atomic E-state index is 2.44. The van der Waals surface area contributed by atoms with Gasteiger partial charge in [-0.25, -0.2) is 0 Å². The van der Waals surface area contributed by atoms with Crippen LogP contribution in [0.5, 0.6) is 0 Å². The average molecular weight is 1140 g/mol. The van der Waals surface area contributed by atoms with Gasteiger partial charge in [-0.3, -0.25) is 0 Å². The Labute approximate surface area is 526 Å². The fraction of sp³-hybridized carbons (Fsp3) is 0.0222. The van der Waals surface area contributed by atoms with Gasteiger partial charge in [0, 0.05) is 0 Å². The van der Waals surface area contributed by atoms with Gasteiger partial charge in [0.1, 0.15) is 0 Å². The second-order valence-electron chi connectivity index (χ2n) is 24.1. The molecule has 0 heterocycles. The zero-order chi connectivity index (χ0) is 59.5. The first-order chi connectivity index (χ1) is 44.6. The topological polar surface area (TPSA) is 0 Å². The lowest BCUT2D eigenvalue weighted by Crippen LogP contribution is -2.36. The SMILES string of the molecule is c1ccc(-c2cc(-c3ccccc3)cc(-c3c4ccccc4c(-c4ccc(C5(c6ccc(-c7c8ccccc8c(-c8cc(-c9ccccc9)cc(-c9ccccc9)c8)c8ccccc78)cc6)c6ccccc6Cc6ccccc65)cc4)c4ccccc34)c2)cc1. The van der Waals surface area contributed by atoms with Crippen molar-refractivity contribution in [1.82, 2.24) is 0 Å². The Morgan fingerprint density at radius 2 is 0.389 bits per heavy atom. The van der Waals surface area contributed by atoms with Crippen LogP contribution in [0.1, 0.15) is 33.4 Å². The highest BCUT2D eigenvalue weighted by atomic mass is 14.4. The van der Waals surface area contributed by atoms with E-state index in [1.165, 1.54) is 165 Å². The smallest absolute Gasteiger partial charge is 0.0622 e. The van der Waals surface area contributed by atoms with Crippen molar-refractivity contribution in [2.45, 2.75) is 11.8 Å². The normalized spacial score (nSPS) is 12.5. The number of hydrogen-bond donors (Lipinski definition) is 0. The van der Waals surface area contributed by atoms with Crippen LogP contribution in [0.15, 0.2) is 352 Å². The maximum absolute atomic E-state index is 2.44. The van der Waals surface area contributed by atoms with E-state index in [9.17, 15) is 0 Å². The van der Waals surface area contributed by atoms with E-state index in [2.05, 4.69) is 352 Å². The van der Waals surface area contributed by atoms with Crippen LogP contribution >= 0.6 is 0 Å². The monoisotopic (exact) mass is 1140 g/mol. The van der Waals surface area contributed by atoms with Gasteiger partial charge in [0.25, 0.3) is 0 Å². The summed E-state index contributed by atoms with van der Waals surface area (Å²) < 4.78 is 0. The summed E-state index contributed by atoms with van der Waals surface area (Å²) >= 11 is 0. The zero-order valence-corrected chi connectivity index (χ0v) is 49.7. The predicted molar refractivity (Wildman–Crippen MR) is 381 cm³/mol. The van der Waals surface area contributed by atoms with Gasteiger partial charge in [-0.2, -0.15) is 0 Å². The molecule has 0 fully saturated rings. The molecule has 0 nitrogen and oxygen atoms in total. The summed E-state index contributed by atoms with van der Waals surface area (Å²) in [5, 5.41) is 9.85. The van der Waals surface area contributed by atoms with Crippen LogP contribution < -0.4 is 0 Å². The minimum Gasteiger partial charge on any atom is -0.0622 e. The number of hydrogen-bond acceptors (Lipinski definition) is 0. The molecule has 0 aromatic heterocycles. The fourth-order valence-corrected chi connectivity index (χ4v) is 15.2. The molecule has 420 valence electrons. The van der Waals surface area contributed by atoms with Gasteiger partial charge in [-0.1, -0.05) is 315 Å². The van der Waals surface area contributed by atoms with Crippen molar-refractivity contribution in [2.24, 2.45) is 0 Å². The Morgan fingerprint density at radius 1 is 0.167 bits per heavy atom. The summed E-state index contributed by atoms with van der Waals surface area (Å²) in [5.41, 5.74) is 26.6. The highest BCUT2D eigenvalue weighted by Gasteiger charge is 2.44. The number of rotatable bonds is 10. The summed E-state index contributed by atoms with van der Waals surface area (Å²) in [4.78, 5) is 0. The van der Waals surface area contributed by atoms with Crippen LogP contribution in [0.2, 0.25) is 0 Å². The Morgan fingerprint density at radius 3 is 0.667 bits per heavy atom. The van der Waals surface area contributed by atoms with Gasteiger partial charge >= 0.3 is 0 Å². The molecule has 0 saturated carbocycles. The van der Waals surface area contributed by atoms with E-state index in [0.29, 0.717) is 0 Å². The van der Waals surface area contributed by atoms with E-state index in [0.717, 1.165) is 6.42 Å². The third-order valence-electron chi connectivity index (χ3n) is 19.2. The van der Waals surface area contributed by atoms with Crippen LogP contribution in [0.4, 0.5) is 0 Å². The molecule has 16 aromatic rings. The molecule has 0 heteroatoms. The summed E-state index contributed by atoms with van der Waals surface area (Å²) in [6.45, 7) is 0. The Kier molecular flexibility index (Phi) is 13.0. The van der Waals surface area contributed by atoms with Gasteiger partial charge in [0.15, 0.2) is 0 Å². The molecular formula is C90H60. The molecule has 0 N–H and O–H groups in total. The van der Waals surface area contributed by atoms with Gasteiger partial charge in [-0.05, 0) is 208 Å². The van der Waals surface area contributed by atoms with Gasteiger partial charge in [0.2, 0.25) is 0 Å². The summed E-state index contributed by atoms with van der Waals surface area (Å²) in [6.07, 6.45) is 0.876. The van der Waals surface area contributed by atoms with E-state index in [-0.39, 0.29) is 0 Å². The van der Waals surface area contributed by atoms with E-state index in [4.69, 9.17) is 0 Å². The second kappa shape index (κ2) is 22.1. The Bertz CT molecular complexity index is 4820. The lowest BCUT2D eigenvalue weighted by molar-refractivity contribution is 0.703. The van der Waals surface area contributed by atoms with Crippen molar-refractivity contribution in [3.63, 3.8) is 0 Å². The highest BCUT2D eigenvalue weighted by molar-refractivity contribution is 6.23. The molecule has 90 heavy (non-hydrogen) atoms. The largest absolute Gasteiger partial charge is 0.0707 e. The van der Waals surface area contributed by atoms with Gasteiger partial charge in [0.05, 0.1) is 5.41 Å². The van der Waals surface area contributed by atoms with Gasteiger partial charge in [-0.15, -0.1) is 0 Å². The number of fused-ring (bicyclic) bond motifs is 6. The second-order valence-corrected chi connectivity index (χ2v) is 24.1. The molecule has 1 aliphatic rings. The van der Waals surface area contributed by atoms with Crippen LogP contribution in [0.3, 0.4) is 0 Å². The molecular weight excluding hydrogens is 1080 g/mol. The molecule has 0 amide bonds. The third kappa shape index (κ3) is 8.82. The first-order valence-corrected chi connectivity index (χ1v) is 31.4. The lowest BCUT2D eigenvalue weighted by atomic mass is 9.59. The molecule has 0 aliphatic heterocycles. The van der Waals surface area contributed by atoms with Crippen molar-refractivity contribution < 1.29 is 0 Å². The standard InChI is InChI=1S/C90H60/c1-5-25-60(26-6-1)68-54-69(61-27-7-2-8-28-61)57-72(56-68)88-80-39-19-15-35-76(80)86(77-36-16-20-40-81(77)88)64-45-49-74(50-46-64)90(84-43-23-13-33-66(84)53-67-34-14-24-44-85(67)90)75-51-47-65(48-52-75)87-78-37-17-21-41-82(78)89(83-42-22-18-38-79(83)87)73-58-70(62-29-9-3-10-30-62)55-71(59-73)63-31-11-4-12-32-63/h1-52,54-59H,53H2. The maximum Gasteiger partial charge on any atom is 0.0707 e. The minimum absolute atomic E-state index is 0.620. The Hall–Kier alpha value is -11.4. The molecule has 0 bridgehead atoms. The van der Waals surface area contributed by atoms with E-state index in [1.54, 1.807) is 0 Å². The molecule has 0 spiro atoms. The molecule has 0 atom stereocenters. The molecule has 0 unspecified atom stereocenters. The minimum atomic E-state index is -0.620. The third-order valence-corrected chi connectivity index (χ3v) is 19.2. The quantitative estimate of drug-likeness (QED) is 0.120. The van der Waals surface area contributed by atoms with Crippen molar-refractivity contribution >= 4 is 43.1 Å². The average Bonchev–Trinajstić information content (AvgIpc) is 0.853. The Balaban J connectivity index is 0.831. The van der Waals surface area contributed by atoms with E-state index >= 15 is 0 Å². The number of benzene rings is 16. The highest BCUT2D eigenvalue weighted by Crippen LogP contribution is 2.53. The van der Waals surface area contributed by atoms with Crippen LogP contribution in [0.25, 0.3) is 132 Å². The first kappa shape index (κ1) is 52.9. The van der Waals surface area contributed by atoms with Crippen molar-refractivity contribution in [3.8, 4) is 89.0 Å².